The van der Waals surface area contributed by atoms with E-state index in [9.17, 15) is 15.0 Å². The van der Waals surface area contributed by atoms with Crippen LogP contribution in [0.1, 0.15) is 6.42 Å². The molecule has 3 N–H and O–H groups in total. The van der Waals surface area contributed by atoms with Crippen molar-refractivity contribution in [3.8, 4) is 0 Å². The van der Waals surface area contributed by atoms with E-state index in [4.69, 9.17) is 0 Å². The van der Waals surface area contributed by atoms with Gasteiger partial charge >= 0.3 is 0 Å². The Hall–Kier alpha value is -0.690. The number of rotatable bonds is 2. The Morgan fingerprint density at radius 1 is 1.18 bits per heavy atom. The normalized spacial score (nSPS) is 31.5. The number of likely N-dealkylation sites (tertiary alicyclic amines) is 1. The van der Waals surface area contributed by atoms with Crippen molar-refractivity contribution in [2.75, 3.05) is 45.8 Å². The summed E-state index contributed by atoms with van der Waals surface area (Å²) in [5.74, 6) is 0.00231. The van der Waals surface area contributed by atoms with Crippen LogP contribution in [0.15, 0.2) is 0 Å². The fraction of sp³-hybridized carbons (Fsp3) is 0.909. The minimum absolute atomic E-state index is 0.00231. The van der Waals surface area contributed by atoms with Gasteiger partial charge in [-0.25, -0.2) is 0 Å². The van der Waals surface area contributed by atoms with Gasteiger partial charge in [-0.15, -0.1) is 0 Å². The Balaban J connectivity index is 1.80. The number of nitrogens with zero attached hydrogens (tertiary/aromatic N) is 2. The van der Waals surface area contributed by atoms with Crippen LogP contribution in [0.5, 0.6) is 0 Å². The zero-order valence-corrected chi connectivity index (χ0v) is 10.0. The van der Waals surface area contributed by atoms with Crippen molar-refractivity contribution in [1.29, 1.82) is 0 Å². The molecule has 1 amide bonds. The lowest BCUT2D eigenvalue weighted by molar-refractivity contribution is -0.131. The number of aliphatic hydroxyl groups excluding tert-OH is 2. The lowest BCUT2D eigenvalue weighted by Crippen LogP contribution is -2.41. The van der Waals surface area contributed by atoms with Crippen LogP contribution in [0.3, 0.4) is 0 Å². The molecule has 0 saturated carbocycles. The summed E-state index contributed by atoms with van der Waals surface area (Å²) >= 11 is 0. The Kier molecular flexibility index (Phi) is 4.33. The molecule has 0 aromatic heterocycles. The molecule has 6 heteroatoms. The average Bonchev–Trinajstić information content (AvgIpc) is 2.54. The highest BCUT2D eigenvalue weighted by atomic mass is 16.3. The van der Waals surface area contributed by atoms with Gasteiger partial charge in [0.2, 0.25) is 5.91 Å². The molecule has 0 spiro atoms. The summed E-state index contributed by atoms with van der Waals surface area (Å²) in [6.07, 6.45) is -0.520. The number of carbonyl (C=O) groups excluding carboxylic acids is 1. The number of β-amino-alcohol motifs (C(OH)–C–C–N with tert-alkyl or cyclic N) is 2. The smallest absolute Gasteiger partial charge is 0.236 e. The van der Waals surface area contributed by atoms with Crippen LogP contribution in [0.25, 0.3) is 0 Å². The van der Waals surface area contributed by atoms with Crippen molar-refractivity contribution >= 4 is 5.91 Å². The highest BCUT2D eigenvalue weighted by Crippen LogP contribution is 2.10. The van der Waals surface area contributed by atoms with Gasteiger partial charge in [-0.05, 0) is 19.5 Å². The first-order valence-corrected chi connectivity index (χ1v) is 6.24. The molecule has 0 aliphatic carbocycles. The van der Waals surface area contributed by atoms with Gasteiger partial charge in [0.1, 0.15) is 0 Å². The van der Waals surface area contributed by atoms with Gasteiger partial charge in [0.25, 0.3) is 0 Å². The predicted molar refractivity (Wildman–Crippen MR) is 62.5 cm³/mol. The van der Waals surface area contributed by atoms with Crippen molar-refractivity contribution in [2.45, 2.75) is 18.6 Å². The fourth-order valence-corrected chi connectivity index (χ4v) is 2.32. The molecule has 0 radical (unpaired) electrons. The molecule has 0 aromatic carbocycles. The number of carbonyl (C=O) groups is 1. The maximum Gasteiger partial charge on any atom is 0.236 e. The molecule has 2 heterocycles. The summed E-state index contributed by atoms with van der Waals surface area (Å²) in [6, 6.07) is 0. The molecule has 2 unspecified atom stereocenters. The minimum Gasteiger partial charge on any atom is -0.388 e. The third-order valence-electron chi connectivity index (χ3n) is 3.40. The largest absolute Gasteiger partial charge is 0.388 e. The number of amides is 1. The molecule has 2 atom stereocenters. The Labute approximate surface area is 101 Å². The van der Waals surface area contributed by atoms with Crippen LogP contribution in [-0.4, -0.2) is 83.9 Å². The highest BCUT2D eigenvalue weighted by molar-refractivity contribution is 5.78. The molecule has 2 rings (SSSR count). The lowest BCUT2D eigenvalue weighted by atomic mass is 10.3. The summed E-state index contributed by atoms with van der Waals surface area (Å²) in [5, 5.41) is 22.1. The van der Waals surface area contributed by atoms with E-state index in [1.165, 1.54) is 0 Å². The molecule has 2 aliphatic heterocycles. The standard InChI is InChI=1S/C11H21N3O3/c15-9-6-14(7-10(9)16)11(17)8-13-4-1-2-12-3-5-13/h9-10,12,15-16H,1-8H2. The molecular weight excluding hydrogens is 222 g/mol. The third kappa shape index (κ3) is 3.38. The maximum atomic E-state index is 12.0. The highest BCUT2D eigenvalue weighted by Gasteiger charge is 2.32. The van der Waals surface area contributed by atoms with Crippen LogP contribution >= 0.6 is 0 Å². The summed E-state index contributed by atoms with van der Waals surface area (Å²) < 4.78 is 0. The second-order valence-corrected chi connectivity index (χ2v) is 4.81. The van der Waals surface area contributed by atoms with Crippen molar-refractivity contribution in [3.63, 3.8) is 0 Å². The first-order valence-electron chi connectivity index (χ1n) is 6.24. The molecule has 17 heavy (non-hydrogen) atoms. The first kappa shape index (κ1) is 12.8. The summed E-state index contributed by atoms with van der Waals surface area (Å²) in [5.41, 5.74) is 0. The van der Waals surface area contributed by atoms with Crippen LogP contribution in [-0.2, 0) is 4.79 Å². The van der Waals surface area contributed by atoms with E-state index in [0.717, 1.165) is 32.6 Å². The van der Waals surface area contributed by atoms with E-state index in [1.807, 2.05) is 0 Å². The molecule has 2 fully saturated rings. The molecule has 2 aliphatic rings. The number of hydrogen-bond acceptors (Lipinski definition) is 5. The second-order valence-electron chi connectivity index (χ2n) is 4.81. The van der Waals surface area contributed by atoms with Gasteiger partial charge in [0, 0.05) is 26.2 Å². The van der Waals surface area contributed by atoms with Crippen LogP contribution in [0.2, 0.25) is 0 Å². The fourth-order valence-electron chi connectivity index (χ4n) is 2.32. The topological polar surface area (TPSA) is 76.0 Å². The van der Waals surface area contributed by atoms with Gasteiger partial charge < -0.3 is 20.4 Å². The molecule has 0 bridgehead atoms. The monoisotopic (exact) mass is 243 g/mol. The van der Waals surface area contributed by atoms with Crippen molar-refractivity contribution < 1.29 is 15.0 Å². The average molecular weight is 243 g/mol. The number of aliphatic hydroxyl groups is 2. The first-order chi connectivity index (χ1) is 8.16. The van der Waals surface area contributed by atoms with Crippen LogP contribution in [0.4, 0.5) is 0 Å². The SMILES string of the molecule is O=C(CN1CCCNCC1)N1CC(O)C(O)C1. The zero-order chi connectivity index (χ0) is 12.3. The third-order valence-corrected chi connectivity index (χ3v) is 3.40. The van der Waals surface area contributed by atoms with Crippen molar-refractivity contribution in [2.24, 2.45) is 0 Å². The van der Waals surface area contributed by atoms with E-state index < -0.39 is 12.2 Å². The molecule has 0 aromatic rings. The van der Waals surface area contributed by atoms with E-state index >= 15 is 0 Å². The Bertz CT molecular complexity index is 257. The van der Waals surface area contributed by atoms with Gasteiger partial charge in [-0.2, -0.15) is 0 Å². The van der Waals surface area contributed by atoms with Crippen molar-refractivity contribution in [1.82, 2.24) is 15.1 Å². The second kappa shape index (κ2) is 5.77. The summed E-state index contributed by atoms with van der Waals surface area (Å²) in [4.78, 5) is 15.6. The predicted octanol–water partition coefficient (Wildman–Crippen LogP) is -2.15. The zero-order valence-electron chi connectivity index (χ0n) is 10.0. The molecule has 6 nitrogen and oxygen atoms in total. The Morgan fingerprint density at radius 3 is 2.59 bits per heavy atom. The van der Waals surface area contributed by atoms with Gasteiger partial charge in [-0.3, -0.25) is 9.69 Å². The van der Waals surface area contributed by atoms with Gasteiger partial charge in [0.15, 0.2) is 0 Å². The quantitative estimate of drug-likeness (QED) is 0.515. The summed E-state index contributed by atoms with van der Waals surface area (Å²) in [6.45, 7) is 4.63. The van der Waals surface area contributed by atoms with Crippen LogP contribution in [0, 0.1) is 0 Å². The lowest BCUT2D eigenvalue weighted by Gasteiger charge is -2.22. The van der Waals surface area contributed by atoms with E-state index in [1.54, 1.807) is 4.90 Å². The molecular formula is C11H21N3O3. The number of hydrogen-bond donors (Lipinski definition) is 3. The van der Waals surface area contributed by atoms with Crippen LogP contribution < -0.4 is 5.32 Å². The van der Waals surface area contributed by atoms with E-state index in [-0.39, 0.29) is 19.0 Å². The van der Waals surface area contributed by atoms with Gasteiger partial charge in [-0.1, -0.05) is 0 Å². The number of nitrogens with one attached hydrogen (secondary N) is 1. The maximum absolute atomic E-state index is 12.0. The van der Waals surface area contributed by atoms with Gasteiger partial charge in [0.05, 0.1) is 18.8 Å². The molecule has 98 valence electrons. The Morgan fingerprint density at radius 2 is 1.88 bits per heavy atom. The summed E-state index contributed by atoms with van der Waals surface area (Å²) in [7, 11) is 0. The van der Waals surface area contributed by atoms with E-state index in [2.05, 4.69) is 10.2 Å². The van der Waals surface area contributed by atoms with Crippen molar-refractivity contribution in [3.05, 3.63) is 0 Å². The van der Waals surface area contributed by atoms with E-state index in [0.29, 0.717) is 6.54 Å². The molecule has 2 saturated heterocycles. The minimum atomic E-state index is -0.787.